The summed E-state index contributed by atoms with van der Waals surface area (Å²) in [7, 11) is 8.03. The van der Waals surface area contributed by atoms with Gasteiger partial charge in [0, 0.05) is 95.4 Å². The van der Waals surface area contributed by atoms with Gasteiger partial charge in [0.15, 0.2) is 0 Å². The maximum Gasteiger partial charge on any atom is 0.220 e. The van der Waals surface area contributed by atoms with Crippen LogP contribution in [0.4, 0.5) is 5.69 Å². The van der Waals surface area contributed by atoms with Crippen LogP contribution in [-0.2, 0) is 11.3 Å². The molecule has 0 saturated carbocycles. The van der Waals surface area contributed by atoms with Crippen LogP contribution in [0.3, 0.4) is 0 Å². The molecule has 4 rings (SSSR count). The number of nitrogens with zero attached hydrogens (tertiary/aromatic N) is 6. The highest BCUT2D eigenvalue weighted by atomic mass is 16.2. The summed E-state index contributed by atoms with van der Waals surface area (Å²) in [6.45, 7) is 12.7. The van der Waals surface area contributed by atoms with Gasteiger partial charge in [-0.15, -0.1) is 0 Å². The predicted octanol–water partition coefficient (Wildman–Crippen LogP) is 5.30. The number of hydrogen-bond donors (Lipinski definition) is 0. The van der Waals surface area contributed by atoms with Gasteiger partial charge in [-0.1, -0.05) is 30.3 Å². The standard InChI is InChI=1S/C34H46N6O/c1-23(2)39-21-31(27-13-11-10-12-14-27)33(22-39)40(26(5)41)20-29-19-30(24(3)17-32(29)37(6)7)34(36-38(8)9)28-15-16-35-25(4)18-28/h10-19,23,31,33H,20-22H2,1-9H3/b36-34-/t31-,33+/m0/s1. The summed E-state index contributed by atoms with van der Waals surface area (Å²) in [4.78, 5) is 24.6. The van der Waals surface area contributed by atoms with E-state index in [0.717, 1.165) is 52.4 Å². The molecule has 0 aliphatic carbocycles. The molecule has 2 aromatic carbocycles. The first-order valence-electron chi connectivity index (χ1n) is 14.5. The Morgan fingerprint density at radius 3 is 2.32 bits per heavy atom. The van der Waals surface area contributed by atoms with Crippen LogP contribution >= 0.6 is 0 Å². The van der Waals surface area contributed by atoms with Crippen molar-refractivity contribution in [2.24, 2.45) is 5.10 Å². The SMILES string of the molecule is CC(=O)N(Cc1cc(/C(=N\N(C)C)c2ccnc(C)c2)c(C)cc1N(C)C)[C@@H]1CN(C(C)C)C[C@H]1c1ccccc1. The topological polar surface area (TPSA) is 55.3 Å². The summed E-state index contributed by atoms with van der Waals surface area (Å²) in [6.07, 6.45) is 1.84. The van der Waals surface area contributed by atoms with Gasteiger partial charge >= 0.3 is 0 Å². The third-order valence-electron chi connectivity index (χ3n) is 8.05. The summed E-state index contributed by atoms with van der Waals surface area (Å²) in [6, 6.07) is 19.7. The van der Waals surface area contributed by atoms with Crippen molar-refractivity contribution in [3.8, 4) is 0 Å². The third-order valence-corrected chi connectivity index (χ3v) is 8.05. The molecule has 41 heavy (non-hydrogen) atoms. The van der Waals surface area contributed by atoms with Gasteiger partial charge in [0.1, 0.15) is 0 Å². The lowest BCUT2D eigenvalue weighted by Crippen LogP contribution is -2.43. The number of amides is 1. The molecular weight excluding hydrogens is 508 g/mol. The van der Waals surface area contributed by atoms with Crippen LogP contribution in [0.25, 0.3) is 0 Å². The lowest BCUT2D eigenvalue weighted by atomic mass is 9.91. The average Bonchev–Trinajstić information content (AvgIpc) is 3.36. The fourth-order valence-electron chi connectivity index (χ4n) is 5.92. The van der Waals surface area contributed by atoms with Gasteiger partial charge in [-0.3, -0.25) is 14.7 Å². The Morgan fingerprint density at radius 1 is 1.02 bits per heavy atom. The van der Waals surface area contributed by atoms with Crippen molar-refractivity contribution in [3.05, 3.63) is 94.3 Å². The number of anilines is 1. The fourth-order valence-corrected chi connectivity index (χ4v) is 5.92. The summed E-state index contributed by atoms with van der Waals surface area (Å²) >= 11 is 0. The number of benzene rings is 2. The zero-order valence-electron chi connectivity index (χ0n) is 26.2. The van der Waals surface area contributed by atoms with Gasteiger partial charge in [0.2, 0.25) is 5.91 Å². The number of aromatic nitrogens is 1. The number of carbonyl (C=O) groups excluding carboxylic acids is 1. The number of pyridine rings is 1. The van der Waals surface area contributed by atoms with Crippen LogP contribution < -0.4 is 4.90 Å². The Bertz CT molecular complexity index is 1380. The van der Waals surface area contributed by atoms with Crippen molar-refractivity contribution in [1.29, 1.82) is 0 Å². The fraction of sp³-hybridized carbons (Fsp3) is 0.441. The highest BCUT2D eigenvalue weighted by Crippen LogP contribution is 2.35. The molecule has 3 aromatic rings. The molecule has 0 spiro atoms. The third kappa shape index (κ3) is 6.96. The largest absolute Gasteiger partial charge is 0.377 e. The van der Waals surface area contributed by atoms with E-state index in [2.05, 4.69) is 103 Å². The Morgan fingerprint density at radius 2 is 1.73 bits per heavy atom. The number of aryl methyl sites for hydroxylation is 2. The van der Waals surface area contributed by atoms with E-state index in [1.54, 1.807) is 6.92 Å². The molecule has 1 amide bonds. The molecular formula is C34H46N6O. The smallest absolute Gasteiger partial charge is 0.220 e. The predicted molar refractivity (Wildman–Crippen MR) is 170 cm³/mol. The second-order valence-corrected chi connectivity index (χ2v) is 12.0. The van der Waals surface area contributed by atoms with Crippen molar-refractivity contribution >= 4 is 17.3 Å². The van der Waals surface area contributed by atoms with E-state index in [-0.39, 0.29) is 17.9 Å². The first-order valence-corrected chi connectivity index (χ1v) is 14.5. The normalized spacial score (nSPS) is 17.7. The summed E-state index contributed by atoms with van der Waals surface area (Å²) < 4.78 is 0. The number of hydrazone groups is 1. The van der Waals surface area contributed by atoms with Crippen LogP contribution in [0.1, 0.15) is 60.2 Å². The van der Waals surface area contributed by atoms with Crippen molar-refractivity contribution in [2.75, 3.05) is 46.2 Å². The van der Waals surface area contributed by atoms with Crippen molar-refractivity contribution < 1.29 is 4.79 Å². The van der Waals surface area contributed by atoms with E-state index in [1.807, 2.05) is 38.3 Å². The monoisotopic (exact) mass is 554 g/mol. The van der Waals surface area contributed by atoms with Gasteiger partial charge < -0.3 is 14.8 Å². The number of hydrogen-bond acceptors (Lipinski definition) is 6. The second kappa shape index (κ2) is 12.9. The highest BCUT2D eigenvalue weighted by Gasteiger charge is 2.39. The quantitative estimate of drug-likeness (QED) is 0.265. The molecule has 2 atom stereocenters. The molecule has 7 nitrogen and oxygen atoms in total. The summed E-state index contributed by atoms with van der Waals surface area (Å²) in [5.41, 5.74) is 8.57. The average molecular weight is 555 g/mol. The van der Waals surface area contributed by atoms with Gasteiger partial charge in [0.05, 0.1) is 11.8 Å². The molecule has 2 heterocycles. The van der Waals surface area contributed by atoms with Crippen LogP contribution in [0.5, 0.6) is 0 Å². The minimum atomic E-state index is 0.0785. The van der Waals surface area contributed by atoms with Crippen LogP contribution in [0.15, 0.2) is 65.9 Å². The molecule has 7 heteroatoms. The maximum absolute atomic E-state index is 13.4. The molecule has 1 aliphatic rings. The molecule has 1 fully saturated rings. The lowest BCUT2D eigenvalue weighted by Gasteiger charge is -2.34. The van der Waals surface area contributed by atoms with E-state index in [9.17, 15) is 4.79 Å². The Hall–Kier alpha value is -3.71. The van der Waals surface area contributed by atoms with E-state index in [4.69, 9.17) is 5.10 Å². The number of carbonyl (C=O) groups is 1. The Balaban J connectivity index is 1.81. The Labute approximate surface area is 246 Å². The first-order chi connectivity index (χ1) is 19.5. The summed E-state index contributed by atoms with van der Waals surface area (Å²) in [5.74, 6) is 0.348. The maximum atomic E-state index is 13.4. The van der Waals surface area contributed by atoms with Crippen LogP contribution in [-0.4, -0.2) is 84.8 Å². The Kier molecular flexibility index (Phi) is 9.49. The molecule has 0 N–H and O–H groups in total. The van der Waals surface area contributed by atoms with E-state index < -0.39 is 0 Å². The first kappa shape index (κ1) is 30.3. The molecule has 1 aliphatic heterocycles. The molecule has 1 saturated heterocycles. The molecule has 0 unspecified atom stereocenters. The second-order valence-electron chi connectivity index (χ2n) is 12.0. The van der Waals surface area contributed by atoms with Crippen molar-refractivity contribution in [2.45, 2.75) is 59.2 Å². The molecule has 0 bridgehead atoms. The molecule has 218 valence electrons. The van der Waals surface area contributed by atoms with Crippen LogP contribution in [0.2, 0.25) is 0 Å². The van der Waals surface area contributed by atoms with E-state index in [0.29, 0.717) is 12.6 Å². The number of rotatable bonds is 9. The zero-order valence-corrected chi connectivity index (χ0v) is 26.2. The highest BCUT2D eigenvalue weighted by molar-refractivity contribution is 6.14. The van der Waals surface area contributed by atoms with Gasteiger partial charge in [-0.25, -0.2) is 0 Å². The van der Waals surface area contributed by atoms with Gasteiger partial charge in [0.25, 0.3) is 0 Å². The van der Waals surface area contributed by atoms with Gasteiger partial charge in [-0.2, -0.15) is 5.10 Å². The van der Waals surface area contributed by atoms with E-state index in [1.165, 1.54) is 5.56 Å². The van der Waals surface area contributed by atoms with E-state index >= 15 is 0 Å². The van der Waals surface area contributed by atoms with Crippen molar-refractivity contribution in [1.82, 2.24) is 19.8 Å². The zero-order chi connectivity index (χ0) is 29.8. The minimum Gasteiger partial charge on any atom is -0.377 e. The minimum absolute atomic E-state index is 0.0785. The van der Waals surface area contributed by atoms with Gasteiger partial charge in [-0.05, 0) is 68.7 Å². The van der Waals surface area contributed by atoms with Crippen molar-refractivity contribution in [3.63, 3.8) is 0 Å². The molecule has 1 aromatic heterocycles. The number of likely N-dealkylation sites (tertiary alicyclic amines) is 1. The summed E-state index contributed by atoms with van der Waals surface area (Å²) in [5, 5.41) is 6.77. The lowest BCUT2D eigenvalue weighted by molar-refractivity contribution is -0.131. The molecule has 0 radical (unpaired) electrons. The van der Waals surface area contributed by atoms with Crippen LogP contribution in [0, 0.1) is 13.8 Å².